The first-order chi connectivity index (χ1) is 6.06. The van der Waals surface area contributed by atoms with E-state index in [0.717, 1.165) is 9.86 Å². The van der Waals surface area contributed by atoms with E-state index in [2.05, 4.69) is 38.5 Å². The van der Waals surface area contributed by atoms with E-state index >= 15 is 0 Å². The van der Waals surface area contributed by atoms with Crippen LogP contribution < -0.4 is 0 Å². The molecule has 1 aromatic carbocycles. The largest absolute Gasteiger partial charge is 0.298 e. The summed E-state index contributed by atoms with van der Waals surface area (Å²) in [5.74, 6) is -0.0477. The molecule has 0 aliphatic carbocycles. The molecule has 0 spiro atoms. The van der Waals surface area contributed by atoms with Gasteiger partial charge in [-0.05, 0) is 57.6 Å². The molecular weight excluding hydrogens is 347 g/mol. The fraction of sp³-hybridized carbons (Fsp3) is 0.111. The lowest BCUT2D eigenvalue weighted by Crippen LogP contribution is -1.98. The Labute approximate surface area is 98.0 Å². The van der Waals surface area contributed by atoms with E-state index < -0.39 is 0 Å². The van der Waals surface area contributed by atoms with Gasteiger partial charge in [0.25, 0.3) is 0 Å². The maximum absolute atomic E-state index is 11.1. The van der Waals surface area contributed by atoms with E-state index in [0.29, 0.717) is 15.6 Å². The van der Waals surface area contributed by atoms with Crippen molar-refractivity contribution in [2.75, 3.05) is 0 Å². The van der Waals surface area contributed by atoms with E-state index in [-0.39, 0.29) is 5.78 Å². The summed E-state index contributed by atoms with van der Waals surface area (Å²) in [6.07, 6.45) is 0.735. The van der Waals surface area contributed by atoms with Gasteiger partial charge in [0.2, 0.25) is 0 Å². The summed E-state index contributed by atoms with van der Waals surface area (Å²) in [7, 11) is 0. The molecule has 0 N–H and O–H groups in total. The number of carbonyl (C=O) groups excluding carboxylic acids is 2. The first kappa shape index (κ1) is 10.8. The number of Topliss-reactive ketones (excluding diaryl/α,β-unsaturated/α-hetero) is 1. The third-order valence-corrected chi connectivity index (χ3v) is 3.08. The average molecular weight is 353 g/mol. The second-order valence-corrected chi connectivity index (χ2v) is 4.57. The molecule has 0 aliphatic rings. The lowest BCUT2D eigenvalue weighted by Gasteiger charge is -2.03. The minimum atomic E-state index is -0.0477. The Morgan fingerprint density at radius 1 is 1.54 bits per heavy atom. The maximum Gasteiger partial charge on any atom is 0.160 e. The summed E-state index contributed by atoms with van der Waals surface area (Å²) >= 11 is 5.29. The lowest BCUT2D eigenvalue weighted by atomic mass is 10.1. The zero-order valence-electron chi connectivity index (χ0n) is 6.80. The second kappa shape index (κ2) is 4.32. The van der Waals surface area contributed by atoms with E-state index in [1.165, 1.54) is 6.92 Å². The predicted molar refractivity (Wildman–Crippen MR) is 62.3 cm³/mol. The fourth-order valence-corrected chi connectivity index (χ4v) is 2.20. The number of rotatable bonds is 2. The Bertz CT molecular complexity index is 374. The van der Waals surface area contributed by atoms with Crippen molar-refractivity contribution in [3.8, 4) is 0 Å². The number of carbonyl (C=O) groups is 2. The van der Waals surface area contributed by atoms with Crippen molar-refractivity contribution >= 4 is 50.6 Å². The zero-order chi connectivity index (χ0) is 10.0. The van der Waals surface area contributed by atoms with E-state index in [4.69, 9.17) is 0 Å². The van der Waals surface area contributed by atoms with Crippen LogP contribution in [0.2, 0.25) is 0 Å². The molecule has 1 rings (SSSR count). The van der Waals surface area contributed by atoms with Gasteiger partial charge in [-0.15, -0.1) is 0 Å². The van der Waals surface area contributed by atoms with Gasteiger partial charge >= 0.3 is 0 Å². The topological polar surface area (TPSA) is 34.1 Å². The number of hydrogen-bond acceptors (Lipinski definition) is 2. The molecule has 68 valence electrons. The Hall–Kier alpha value is -0.230. The number of ketones is 1. The Morgan fingerprint density at radius 3 is 2.62 bits per heavy atom. The van der Waals surface area contributed by atoms with Crippen molar-refractivity contribution in [2.24, 2.45) is 0 Å². The molecule has 0 bridgehead atoms. The normalized spacial score (nSPS) is 9.77. The second-order valence-electron chi connectivity index (χ2n) is 2.53. The molecule has 0 heterocycles. The molecule has 4 heteroatoms. The van der Waals surface area contributed by atoms with Crippen LogP contribution in [0.1, 0.15) is 27.6 Å². The Balaban J connectivity index is 3.44. The lowest BCUT2D eigenvalue weighted by molar-refractivity contribution is 0.101. The summed E-state index contributed by atoms with van der Waals surface area (Å²) in [6, 6.07) is 3.48. The van der Waals surface area contributed by atoms with Gasteiger partial charge in [-0.2, -0.15) is 0 Å². The van der Waals surface area contributed by atoms with E-state index in [1.54, 1.807) is 12.1 Å². The van der Waals surface area contributed by atoms with Gasteiger partial charge in [0.15, 0.2) is 12.1 Å². The molecule has 13 heavy (non-hydrogen) atoms. The fourth-order valence-electron chi connectivity index (χ4n) is 0.952. The summed E-state index contributed by atoms with van der Waals surface area (Å²) < 4.78 is 1.46. The Kier molecular flexibility index (Phi) is 3.61. The van der Waals surface area contributed by atoms with Gasteiger partial charge in [-0.3, -0.25) is 9.59 Å². The quantitative estimate of drug-likeness (QED) is 0.465. The predicted octanol–water partition coefficient (Wildman–Crippen LogP) is 3.07. The highest BCUT2D eigenvalue weighted by Crippen LogP contribution is 2.24. The molecule has 0 atom stereocenters. The minimum Gasteiger partial charge on any atom is -0.298 e. The molecule has 0 saturated carbocycles. The summed E-state index contributed by atoms with van der Waals surface area (Å²) in [4.78, 5) is 21.7. The molecule has 0 radical (unpaired) electrons. The molecule has 0 unspecified atom stereocenters. The van der Waals surface area contributed by atoms with Crippen molar-refractivity contribution in [2.45, 2.75) is 6.92 Å². The molecule has 0 fully saturated rings. The highest BCUT2D eigenvalue weighted by atomic mass is 127. The third kappa shape index (κ3) is 2.37. The van der Waals surface area contributed by atoms with Crippen molar-refractivity contribution in [1.29, 1.82) is 0 Å². The van der Waals surface area contributed by atoms with Crippen molar-refractivity contribution in [1.82, 2.24) is 0 Å². The van der Waals surface area contributed by atoms with Gasteiger partial charge in [-0.1, -0.05) is 0 Å². The first-order valence-corrected chi connectivity index (χ1v) is 5.38. The van der Waals surface area contributed by atoms with Gasteiger partial charge in [0.05, 0.1) is 0 Å². The van der Waals surface area contributed by atoms with Crippen LogP contribution in [0.15, 0.2) is 16.6 Å². The van der Waals surface area contributed by atoms with Crippen LogP contribution in [0.3, 0.4) is 0 Å². The van der Waals surface area contributed by atoms with Crippen LogP contribution in [-0.4, -0.2) is 12.1 Å². The summed E-state index contributed by atoms with van der Waals surface area (Å²) in [6.45, 7) is 1.48. The summed E-state index contributed by atoms with van der Waals surface area (Å²) in [5, 5.41) is 0. The van der Waals surface area contributed by atoms with Gasteiger partial charge < -0.3 is 0 Å². The van der Waals surface area contributed by atoms with Crippen LogP contribution in [0.5, 0.6) is 0 Å². The van der Waals surface area contributed by atoms with Gasteiger partial charge in [0, 0.05) is 19.2 Å². The first-order valence-electron chi connectivity index (χ1n) is 3.51. The minimum absolute atomic E-state index is 0.0477. The molecule has 2 nitrogen and oxygen atoms in total. The van der Waals surface area contributed by atoms with Gasteiger partial charge in [0.1, 0.15) is 0 Å². The van der Waals surface area contributed by atoms with Crippen LogP contribution in [-0.2, 0) is 0 Å². The molecule has 0 aromatic heterocycles. The third-order valence-electron chi connectivity index (χ3n) is 1.57. The molecule has 0 amide bonds. The molecule has 1 aromatic rings. The average Bonchev–Trinajstić information content (AvgIpc) is 2.08. The zero-order valence-corrected chi connectivity index (χ0v) is 10.5. The standard InChI is InChI=1S/C9H6BrIO2/c1-5(13)8-3-7(11)2-6(4-12)9(8)10/h2-4H,1H3. The number of halogens is 2. The highest BCUT2D eigenvalue weighted by Gasteiger charge is 2.10. The van der Waals surface area contributed by atoms with Crippen molar-refractivity contribution < 1.29 is 9.59 Å². The number of hydrogen-bond donors (Lipinski definition) is 0. The summed E-state index contributed by atoms with van der Waals surface area (Å²) in [5.41, 5.74) is 1.06. The smallest absolute Gasteiger partial charge is 0.160 e. The molecule has 0 aliphatic heterocycles. The SMILES string of the molecule is CC(=O)c1cc(I)cc(C=O)c1Br. The van der Waals surface area contributed by atoms with Crippen molar-refractivity contribution in [3.63, 3.8) is 0 Å². The van der Waals surface area contributed by atoms with Crippen LogP contribution >= 0.6 is 38.5 Å². The number of aldehydes is 1. The van der Waals surface area contributed by atoms with E-state index in [9.17, 15) is 9.59 Å². The van der Waals surface area contributed by atoms with Crippen molar-refractivity contribution in [3.05, 3.63) is 31.3 Å². The monoisotopic (exact) mass is 352 g/mol. The van der Waals surface area contributed by atoms with Crippen LogP contribution in [0.4, 0.5) is 0 Å². The molecular formula is C9H6BrIO2. The Morgan fingerprint density at radius 2 is 2.15 bits per heavy atom. The highest BCUT2D eigenvalue weighted by molar-refractivity contribution is 14.1. The van der Waals surface area contributed by atoms with Crippen LogP contribution in [0, 0.1) is 3.57 Å². The number of benzene rings is 1. The molecule has 0 saturated heterocycles. The maximum atomic E-state index is 11.1. The van der Waals surface area contributed by atoms with Gasteiger partial charge in [-0.25, -0.2) is 0 Å². The van der Waals surface area contributed by atoms with E-state index in [1.807, 2.05) is 0 Å². The van der Waals surface area contributed by atoms with Crippen LogP contribution in [0.25, 0.3) is 0 Å².